The molecule has 4 heteroatoms. The van der Waals surface area contributed by atoms with Crippen LogP contribution in [0.25, 0.3) is 11.0 Å². The van der Waals surface area contributed by atoms with Crippen LogP contribution in [0.15, 0.2) is 42.5 Å². The summed E-state index contributed by atoms with van der Waals surface area (Å²) in [5, 5.41) is 10.7. The molecule has 1 saturated carbocycles. The fourth-order valence-electron chi connectivity index (χ4n) is 4.43. The number of imidazole rings is 1. The molecule has 1 fully saturated rings. The highest BCUT2D eigenvalue weighted by atomic mass is 16.5. The number of aromatic nitrogens is 2. The van der Waals surface area contributed by atoms with Crippen LogP contribution in [0, 0.1) is 13.8 Å². The Morgan fingerprint density at radius 1 is 1.07 bits per heavy atom. The van der Waals surface area contributed by atoms with Crippen molar-refractivity contribution in [2.24, 2.45) is 0 Å². The molecule has 4 nitrogen and oxygen atoms in total. The van der Waals surface area contributed by atoms with Crippen LogP contribution in [0.1, 0.15) is 55.0 Å². The summed E-state index contributed by atoms with van der Waals surface area (Å²) in [5.74, 6) is 2.44. The van der Waals surface area contributed by atoms with Crippen molar-refractivity contribution >= 4 is 11.0 Å². The molecule has 0 radical (unpaired) electrons. The van der Waals surface area contributed by atoms with E-state index in [1.807, 2.05) is 24.3 Å². The zero-order valence-electron chi connectivity index (χ0n) is 16.9. The molecule has 1 aromatic heterocycles. The van der Waals surface area contributed by atoms with Gasteiger partial charge in [-0.1, -0.05) is 37.5 Å². The average Bonchev–Trinajstić information content (AvgIpc) is 3.05. The molecule has 1 heterocycles. The second kappa shape index (κ2) is 8.36. The second-order valence-electron chi connectivity index (χ2n) is 8.19. The minimum Gasteiger partial charge on any atom is -0.491 e. The standard InChI is InChI=1S/C24H30N2O2/c1-17-12-18(2)14-21(13-17)28-16-20(27)15-26-23-11-7-6-10-22(23)25-24(26)19-8-4-3-5-9-19/h6-7,10-14,19-20,27H,3-5,8-9,15-16H2,1-2H3/t20-/m1/s1. The first-order valence-corrected chi connectivity index (χ1v) is 10.4. The number of rotatable bonds is 6. The van der Waals surface area contributed by atoms with E-state index in [-0.39, 0.29) is 6.61 Å². The quantitative estimate of drug-likeness (QED) is 0.646. The molecule has 2 aromatic carbocycles. The summed E-state index contributed by atoms with van der Waals surface area (Å²) < 4.78 is 8.11. The van der Waals surface area contributed by atoms with E-state index < -0.39 is 6.10 Å². The number of hydrogen-bond acceptors (Lipinski definition) is 3. The van der Waals surface area contributed by atoms with Crippen LogP contribution in [0.3, 0.4) is 0 Å². The van der Waals surface area contributed by atoms with E-state index in [1.54, 1.807) is 0 Å². The molecule has 28 heavy (non-hydrogen) atoms. The summed E-state index contributed by atoms with van der Waals surface area (Å²) in [6.45, 7) is 4.91. The van der Waals surface area contributed by atoms with E-state index in [0.717, 1.165) is 22.6 Å². The van der Waals surface area contributed by atoms with Gasteiger partial charge >= 0.3 is 0 Å². The lowest BCUT2D eigenvalue weighted by Crippen LogP contribution is -2.25. The van der Waals surface area contributed by atoms with Crippen LogP contribution in [0.4, 0.5) is 0 Å². The number of hydrogen-bond donors (Lipinski definition) is 1. The Hall–Kier alpha value is -2.33. The lowest BCUT2D eigenvalue weighted by atomic mass is 9.88. The van der Waals surface area contributed by atoms with Gasteiger partial charge in [-0.2, -0.15) is 0 Å². The summed E-state index contributed by atoms with van der Waals surface area (Å²) in [6, 6.07) is 14.4. The van der Waals surface area contributed by atoms with Crippen LogP contribution in [-0.2, 0) is 6.54 Å². The van der Waals surface area contributed by atoms with Crippen LogP contribution in [-0.4, -0.2) is 27.4 Å². The molecule has 1 N–H and O–H groups in total. The third-order valence-corrected chi connectivity index (χ3v) is 5.69. The minimum absolute atomic E-state index is 0.277. The van der Waals surface area contributed by atoms with Crippen molar-refractivity contribution < 1.29 is 9.84 Å². The molecule has 0 aliphatic heterocycles. The number of benzene rings is 2. The van der Waals surface area contributed by atoms with E-state index >= 15 is 0 Å². The summed E-state index contributed by atoms with van der Waals surface area (Å²) in [7, 11) is 0. The third-order valence-electron chi connectivity index (χ3n) is 5.69. The van der Waals surface area contributed by atoms with E-state index in [1.165, 1.54) is 43.2 Å². The van der Waals surface area contributed by atoms with Gasteiger partial charge in [-0.15, -0.1) is 0 Å². The van der Waals surface area contributed by atoms with Crippen LogP contribution < -0.4 is 4.74 Å². The van der Waals surface area contributed by atoms with Crippen molar-refractivity contribution in [3.05, 3.63) is 59.4 Å². The number of para-hydroxylation sites is 2. The van der Waals surface area contributed by atoms with Gasteiger partial charge in [-0.05, 0) is 62.1 Å². The first-order valence-electron chi connectivity index (χ1n) is 10.4. The van der Waals surface area contributed by atoms with Gasteiger partial charge in [0, 0.05) is 5.92 Å². The molecule has 0 spiro atoms. The Bertz CT molecular complexity index is 921. The van der Waals surface area contributed by atoms with Gasteiger partial charge in [-0.25, -0.2) is 4.98 Å². The minimum atomic E-state index is -0.583. The molecule has 148 valence electrons. The predicted octanol–water partition coefficient (Wildman–Crippen LogP) is 5.14. The Kier molecular flexibility index (Phi) is 5.67. The van der Waals surface area contributed by atoms with Crippen molar-refractivity contribution in [3.63, 3.8) is 0 Å². The maximum absolute atomic E-state index is 10.7. The van der Waals surface area contributed by atoms with E-state index in [0.29, 0.717) is 12.5 Å². The molecular weight excluding hydrogens is 348 g/mol. The first kappa shape index (κ1) is 19.0. The zero-order chi connectivity index (χ0) is 19.5. The molecule has 0 saturated heterocycles. The Labute approximate surface area is 167 Å². The van der Waals surface area contributed by atoms with Gasteiger partial charge in [0.05, 0.1) is 17.6 Å². The van der Waals surface area contributed by atoms with Crippen LogP contribution in [0.2, 0.25) is 0 Å². The fraction of sp³-hybridized carbons (Fsp3) is 0.458. The Balaban J connectivity index is 1.52. The van der Waals surface area contributed by atoms with Gasteiger partial charge in [0.15, 0.2) is 0 Å². The van der Waals surface area contributed by atoms with Crippen molar-refractivity contribution in [1.82, 2.24) is 9.55 Å². The molecular formula is C24H30N2O2. The molecule has 3 aromatic rings. The molecule has 0 bridgehead atoms. The number of nitrogens with zero attached hydrogens (tertiary/aromatic N) is 2. The van der Waals surface area contributed by atoms with Crippen molar-refractivity contribution in [2.75, 3.05) is 6.61 Å². The predicted molar refractivity (Wildman–Crippen MR) is 113 cm³/mol. The van der Waals surface area contributed by atoms with Crippen molar-refractivity contribution in [3.8, 4) is 5.75 Å². The number of aryl methyl sites for hydroxylation is 2. The lowest BCUT2D eigenvalue weighted by molar-refractivity contribution is 0.0921. The second-order valence-corrected chi connectivity index (χ2v) is 8.19. The Morgan fingerprint density at radius 3 is 2.54 bits per heavy atom. The van der Waals surface area contributed by atoms with E-state index in [2.05, 4.69) is 36.6 Å². The topological polar surface area (TPSA) is 47.3 Å². The highest BCUT2D eigenvalue weighted by Crippen LogP contribution is 2.34. The number of ether oxygens (including phenoxy) is 1. The van der Waals surface area contributed by atoms with Gasteiger partial charge in [0.25, 0.3) is 0 Å². The summed E-state index contributed by atoms with van der Waals surface area (Å²) in [4.78, 5) is 4.94. The molecule has 4 rings (SSSR count). The largest absolute Gasteiger partial charge is 0.491 e. The fourth-order valence-corrected chi connectivity index (χ4v) is 4.43. The molecule has 0 unspecified atom stereocenters. The smallest absolute Gasteiger partial charge is 0.119 e. The van der Waals surface area contributed by atoms with Gasteiger partial charge < -0.3 is 14.4 Å². The molecule has 1 atom stereocenters. The summed E-state index contributed by atoms with van der Waals surface area (Å²) in [5.41, 5.74) is 4.47. The third kappa shape index (κ3) is 4.22. The zero-order valence-corrected chi connectivity index (χ0v) is 16.9. The number of aliphatic hydroxyl groups is 1. The average molecular weight is 379 g/mol. The van der Waals surface area contributed by atoms with Crippen LogP contribution >= 0.6 is 0 Å². The molecule has 1 aliphatic rings. The van der Waals surface area contributed by atoms with Crippen molar-refractivity contribution in [1.29, 1.82) is 0 Å². The highest BCUT2D eigenvalue weighted by molar-refractivity contribution is 5.76. The SMILES string of the molecule is Cc1cc(C)cc(OC[C@H](O)Cn2c(C3CCCCC3)nc3ccccc32)c1. The molecule has 0 amide bonds. The monoisotopic (exact) mass is 378 g/mol. The van der Waals surface area contributed by atoms with Crippen LogP contribution in [0.5, 0.6) is 5.75 Å². The van der Waals surface area contributed by atoms with Gasteiger partial charge in [-0.3, -0.25) is 0 Å². The van der Waals surface area contributed by atoms with Crippen molar-refractivity contribution in [2.45, 2.75) is 64.5 Å². The maximum atomic E-state index is 10.7. The highest BCUT2D eigenvalue weighted by Gasteiger charge is 2.23. The molecule has 1 aliphatic carbocycles. The summed E-state index contributed by atoms with van der Waals surface area (Å²) >= 11 is 0. The Morgan fingerprint density at radius 2 is 1.79 bits per heavy atom. The number of aliphatic hydroxyl groups excluding tert-OH is 1. The van der Waals surface area contributed by atoms with Gasteiger partial charge in [0.1, 0.15) is 24.3 Å². The lowest BCUT2D eigenvalue weighted by Gasteiger charge is -2.23. The maximum Gasteiger partial charge on any atom is 0.119 e. The van der Waals surface area contributed by atoms with E-state index in [4.69, 9.17) is 9.72 Å². The van der Waals surface area contributed by atoms with E-state index in [9.17, 15) is 5.11 Å². The van der Waals surface area contributed by atoms with Gasteiger partial charge in [0.2, 0.25) is 0 Å². The normalized spacial score (nSPS) is 16.4. The number of fused-ring (bicyclic) bond motifs is 1. The first-order chi connectivity index (χ1) is 13.6. The summed E-state index contributed by atoms with van der Waals surface area (Å²) in [6.07, 6.45) is 5.67.